The maximum absolute atomic E-state index is 13.3. The molecule has 0 spiro atoms. The van der Waals surface area contributed by atoms with Gasteiger partial charge >= 0.3 is 0 Å². The van der Waals surface area contributed by atoms with Gasteiger partial charge in [0.25, 0.3) is 11.5 Å². The number of thiocarbonyl (C=S) groups is 1. The number of nitrogens with zero attached hydrogens (tertiary/aromatic N) is 4. The van der Waals surface area contributed by atoms with E-state index in [-0.39, 0.29) is 11.5 Å². The van der Waals surface area contributed by atoms with Gasteiger partial charge in [0.1, 0.15) is 15.8 Å². The lowest BCUT2D eigenvalue weighted by atomic mass is 10.2. The number of fused-ring (bicyclic) bond motifs is 1. The first kappa shape index (κ1) is 21.0. The van der Waals surface area contributed by atoms with E-state index in [0.29, 0.717) is 59.1 Å². The molecule has 2 aliphatic heterocycles. The van der Waals surface area contributed by atoms with Gasteiger partial charge < -0.3 is 9.64 Å². The summed E-state index contributed by atoms with van der Waals surface area (Å²) >= 11 is 6.68. The highest BCUT2D eigenvalue weighted by molar-refractivity contribution is 8.26. The smallest absolute Gasteiger partial charge is 0.267 e. The minimum atomic E-state index is -0.196. The second-order valence-electron chi connectivity index (χ2n) is 7.22. The number of rotatable bonds is 6. The number of carbonyl (C=O) groups excluding carboxylic acids is 1. The number of anilines is 1. The van der Waals surface area contributed by atoms with Gasteiger partial charge in [-0.25, -0.2) is 4.98 Å². The zero-order valence-electron chi connectivity index (χ0n) is 16.9. The average molecular weight is 445 g/mol. The molecule has 4 heterocycles. The minimum Gasteiger partial charge on any atom is -0.378 e. The van der Waals surface area contributed by atoms with Crippen LogP contribution in [0.1, 0.15) is 31.7 Å². The van der Waals surface area contributed by atoms with Crippen molar-refractivity contribution < 1.29 is 9.53 Å². The highest BCUT2D eigenvalue weighted by Gasteiger charge is 2.32. The van der Waals surface area contributed by atoms with Gasteiger partial charge in [-0.05, 0) is 24.6 Å². The summed E-state index contributed by atoms with van der Waals surface area (Å²) in [4.78, 5) is 35.2. The SMILES string of the molecule is CCCCCN1C(=O)C(=Cc2c(N3CCOCC3)nc3ccccn3c2=O)SC1=S. The summed E-state index contributed by atoms with van der Waals surface area (Å²) in [6, 6.07) is 5.45. The summed E-state index contributed by atoms with van der Waals surface area (Å²) in [5.41, 5.74) is 0.793. The lowest BCUT2D eigenvalue weighted by Crippen LogP contribution is -2.38. The quantitative estimate of drug-likeness (QED) is 0.386. The van der Waals surface area contributed by atoms with Crippen LogP contribution in [-0.4, -0.2) is 57.4 Å². The number of morpholine rings is 1. The van der Waals surface area contributed by atoms with E-state index in [9.17, 15) is 9.59 Å². The molecule has 0 aromatic carbocycles. The molecule has 4 rings (SSSR count). The van der Waals surface area contributed by atoms with Gasteiger partial charge in [-0.1, -0.05) is 49.8 Å². The molecule has 0 bridgehead atoms. The fourth-order valence-corrected chi connectivity index (χ4v) is 4.87. The van der Waals surface area contributed by atoms with Crippen LogP contribution in [0.15, 0.2) is 34.1 Å². The molecule has 1 amide bonds. The van der Waals surface area contributed by atoms with Gasteiger partial charge in [-0.3, -0.25) is 18.9 Å². The van der Waals surface area contributed by atoms with Crippen LogP contribution in [0.3, 0.4) is 0 Å². The average Bonchev–Trinajstić information content (AvgIpc) is 3.03. The summed E-state index contributed by atoms with van der Waals surface area (Å²) in [5, 5.41) is 0. The normalized spacial score (nSPS) is 18.8. The first-order valence-corrected chi connectivity index (χ1v) is 11.4. The first-order valence-electron chi connectivity index (χ1n) is 10.2. The Morgan fingerprint density at radius 1 is 1.23 bits per heavy atom. The molecule has 0 atom stereocenters. The molecule has 2 saturated heterocycles. The van der Waals surface area contributed by atoms with Crippen LogP contribution in [-0.2, 0) is 9.53 Å². The van der Waals surface area contributed by atoms with E-state index in [2.05, 4.69) is 6.92 Å². The molecule has 7 nitrogen and oxygen atoms in total. The second-order valence-corrected chi connectivity index (χ2v) is 8.90. The Kier molecular flexibility index (Phi) is 6.50. The number of hydrogen-bond acceptors (Lipinski definition) is 7. The lowest BCUT2D eigenvalue weighted by molar-refractivity contribution is -0.122. The van der Waals surface area contributed by atoms with Crippen LogP contribution in [0.2, 0.25) is 0 Å². The Morgan fingerprint density at radius 2 is 2.03 bits per heavy atom. The van der Waals surface area contributed by atoms with Crippen LogP contribution in [0.25, 0.3) is 11.7 Å². The van der Waals surface area contributed by atoms with E-state index in [1.807, 2.05) is 17.0 Å². The summed E-state index contributed by atoms with van der Waals surface area (Å²) in [7, 11) is 0. The highest BCUT2D eigenvalue weighted by atomic mass is 32.2. The zero-order valence-corrected chi connectivity index (χ0v) is 18.5. The highest BCUT2D eigenvalue weighted by Crippen LogP contribution is 2.33. The molecule has 0 N–H and O–H groups in total. The molecule has 2 aromatic heterocycles. The molecular weight excluding hydrogens is 420 g/mol. The van der Waals surface area contributed by atoms with Gasteiger partial charge in [0.05, 0.1) is 23.7 Å². The van der Waals surface area contributed by atoms with Crippen molar-refractivity contribution in [3.8, 4) is 0 Å². The Morgan fingerprint density at radius 3 is 2.80 bits per heavy atom. The van der Waals surface area contributed by atoms with Gasteiger partial charge in [-0.2, -0.15) is 0 Å². The van der Waals surface area contributed by atoms with Crippen molar-refractivity contribution in [2.45, 2.75) is 26.2 Å². The number of aromatic nitrogens is 2. The van der Waals surface area contributed by atoms with E-state index in [1.165, 1.54) is 16.2 Å². The van der Waals surface area contributed by atoms with Crippen molar-refractivity contribution in [2.24, 2.45) is 0 Å². The summed E-state index contributed by atoms with van der Waals surface area (Å²) < 4.78 is 7.51. The van der Waals surface area contributed by atoms with Crippen molar-refractivity contribution >= 4 is 51.7 Å². The molecule has 0 unspecified atom stereocenters. The Labute approximate surface area is 184 Å². The molecule has 0 aliphatic carbocycles. The second kappa shape index (κ2) is 9.28. The van der Waals surface area contributed by atoms with Crippen molar-refractivity contribution in [3.05, 3.63) is 45.2 Å². The molecule has 2 aliphatic rings. The van der Waals surface area contributed by atoms with E-state index < -0.39 is 0 Å². The van der Waals surface area contributed by atoms with Crippen LogP contribution < -0.4 is 10.5 Å². The predicted octanol–water partition coefficient (Wildman–Crippen LogP) is 2.92. The van der Waals surface area contributed by atoms with Crippen molar-refractivity contribution in [1.29, 1.82) is 0 Å². The third kappa shape index (κ3) is 4.14. The zero-order chi connectivity index (χ0) is 21.1. The predicted molar refractivity (Wildman–Crippen MR) is 124 cm³/mol. The number of thioether (sulfide) groups is 1. The van der Waals surface area contributed by atoms with E-state index in [4.69, 9.17) is 21.9 Å². The van der Waals surface area contributed by atoms with Crippen molar-refractivity contribution in [2.75, 3.05) is 37.7 Å². The minimum absolute atomic E-state index is 0.133. The molecule has 9 heteroatoms. The number of amides is 1. The van der Waals surface area contributed by atoms with Gasteiger partial charge in [0.15, 0.2) is 0 Å². The van der Waals surface area contributed by atoms with Gasteiger partial charge in [0, 0.05) is 25.8 Å². The summed E-state index contributed by atoms with van der Waals surface area (Å²) in [5.74, 6) is 0.456. The number of unbranched alkanes of at least 4 members (excludes halogenated alkanes) is 2. The lowest BCUT2D eigenvalue weighted by Gasteiger charge is -2.29. The van der Waals surface area contributed by atoms with Crippen LogP contribution >= 0.6 is 24.0 Å². The Bertz CT molecular complexity index is 1060. The third-order valence-electron chi connectivity index (χ3n) is 5.19. The van der Waals surface area contributed by atoms with Crippen LogP contribution in [0.4, 0.5) is 5.82 Å². The topological polar surface area (TPSA) is 67.2 Å². The van der Waals surface area contributed by atoms with E-state index in [0.717, 1.165) is 19.3 Å². The van der Waals surface area contributed by atoms with E-state index >= 15 is 0 Å². The summed E-state index contributed by atoms with van der Waals surface area (Å²) in [6.07, 6.45) is 6.40. The number of hydrogen-bond donors (Lipinski definition) is 0. The first-order chi connectivity index (χ1) is 14.6. The Balaban J connectivity index is 1.76. The molecule has 0 radical (unpaired) electrons. The molecule has 30 heavy (non-hydrogen) atoms. The van der Waals surface area contributed by atoms with Crippen molar-refractivity contribution in [1.82, 2.24) is 14.3 Å². The number of carbonyl (C=O) groups is 1. The maximum Gasteiger partial charge on any atom is 0.267 e. The summed E-state index contributed by atoms with van der Waals surface area (Å²) in [6.45, 7) is 5.19. The van der Waals surface area contributed by atoms with Gasteiger partial charge in [0.2, 0.25) is 0 Å². The largest absolute Gasteiger partial charge is 0.378 e. The number of pyridine rings is 1. The van der Waals surface area contributed by atoms with Crippen molar-refractivity contribution in [3.63, 3.8) is 0 Å². The van der Waals surface area contributed by atoms with E-state index in [1.54, 1.807) is 23.2 Å². The number of ether oxygens (including phenoxy) is 1. The fourth-order valence-electron chi connectivity index (χ4n) is 3.58. The molecular formula is C21H24N4O3S2. The van der Waals surface area contributed by atoms with Gasteiger partial charge in [-0.15, -0.1) is 0 Å². The third-order valence-corrected chi connectivity index (χ3v) is 6.57. The molecule has 2 aromatic rings. The monoisotopic (exact) mass is 444 g/mol. The molecule has 158 valence electrons. The maximum atomic E-state index is 13.3. The molecule has 2 fully saturated rings. The van der Waals surface area contributed by atoms with Crippen LogP contribution in [0, 0.1) is 0 Å². The Hall–Kier alpha value is -2.23. The standard InChI is InChI=1S/C21H24N4O3S2/c1-2-3-5-9-25-20(27)16(30-21(25)29)14-15-18(23-10-12-28-13-11-23)22-17-7-4-6-8-24(17)19(15)26/h4,6-8,14H,2-3,5,9-13H2,1H3. The van der Waals surface area contributed by atoms with Crippen LogP contribution in [0.5, 0.6) is 0 Å². The molecule has 0 saturated carbocycles. The fraction of sp³-hybridized carbons (Fsp3) is 0.429.